The van der Waals surface area contributed by atoms with E-state index in [-0.39, 0.29) is 35.3 Å². The lowest BCUT2D eigenvalue weighted by Gasteiger charge is -2.24. The van der Waals surface area contributed by atoms with E-state index in [1.54, 1.807) is 30.3 Å². The Labute approximate surface area is 199 Å². The van der Waals surface area contributed by atoms with Crippen LogP contribution in [-0.2, 0) is 16.6 Å². The Hall–Kier alpha value is -3.72. The van der Waals surface area contributed by atoms with Gasteiger partial charge in [-0.05, 0) is 42.2 Å². The van der Waals surface area contributed by atoms with Crippen LogP contribution in [0.25, 0.3) is 0 Å². The molecule has 0 spiro atoms. The Morgan fingerprint density at radius 2 is 1.68 bits per heavy atom. The molecular weight excluding hydrogens is 454 g/mol. The average Bonchev–Trinajstić information content (AvgIpc) is 2.81. The number of nitro groups is 1. The molecule has 0 bridgehead atoms. The van der Waals surface area contributed by atoms with E-state index in [1.165, 1.54) is 19.1 Å². The molecule has 0 aromatic heterocycles. The molecule has 8 nitrogen and oxygen atoms in total. The molecule has 178 valence electrons. The van der Waals surface area contributed by atoms with Crippen molar-refractivity contribution in [1.82, 2.24) is 5.32 Å². The molecule has 0 saturated heterocycles. The van der Waals surface area contributed by atoms with Crippen LogP contribution in [0.15, 0.2) is 72.8 Å². The minimum absolute atomic E-state index is 0.0201. The van der Waals surface area contributed by atoms with Crippen LogP contribution in [0.3, 0.4) is 0 Å². The zero-order valence-electron chi connectivity index (χ0n) is 19.3. The maximum Gasteiger partial charge on any atom is 0.274 e. The first-order valence-corrected chi connectivity index (χ1v) is 12.6. The summed E-state index contributed by atoms with van der Waals surface area (Å²) in [6.45, 7) is 4.02. The SMILES string of the molecule is Cc1c(N(Cc2ccc(C(=O)NCC(C)c3ccccc3)cc2)S(C)(=O)=O)cccc1[N+](=O)[O-]. The normalized spacial score (nSPS) is 12.1. The summed E-state index contributed by atoms with van der Waals surface area (Å²) in [6, 6.07) is 20.9. The monoisotopic (exact) mass is 481 g/mol. The van der Waals surface area contributed by atoms with Crippen molar-refractivity contribution < 1.29 is 18.1 Å². The lowest BCUT2D eigenvalue weighted by molar-refractivity contribution is -0.385. The number of sulfonamides is 1. The lowest BCUT2D eigenvalue weighted by Crippen LogP contribution is -2.30. The van der Waals surface area contributed by atoms with Crippen molar-refractivity contribution in [1.29, 1.82) is 0 Å². The van der Waals surface area contributed by atoms with Gasteiger partial charge in [-0.15, -0.1) is 0 Å². The Morgan fingerprint density at radius 1 is 1.03 bits per heavy atom. The molecule has 1 unspecified atom stereocenters. The molecular formula is C25H27N3O5S. The highest BCUT2D eigenvalue weighted by Gasteiger charge is 2.24. The van der Waals surface area contributed by atoms with Crippen molar-refractivity contribution >= 4 is 27.3 Å². The molecule has 0 saturated carbocycles. The number of benzene rings is 3. The van der Waals surface area contributed by atoms with Gasteiger partial charge in [0.1, 0.15) is 0 Å². The van der Waals surface area contributed by atoms with E-state index in [2.05, 4.69) is 5.32 Å². The van der Waals surface area contributed by atoms with Crippen LogP contribution in [0.5, 0.6) is 0 Å². The van der Waals surface area contributed by atoms with Gasteiger partial charge in [0.25, 0.3) is 11.6 Å². The fourth-order valence-corrected chi connectivity index (χ4v) is 4.57. The first kappa shape index (κ1) is 24.9. The molecule has 0 radical (unpaired) electrons. The maximum absolute atomic E-state index is 12.6. The topological polar surface area (TPSA) is 110 Å². The molecule has 3 aromatic rings. The first-order valence-electron chi connectivity index (χ1n) is 10.7. The van der Waals surface area contributed by atoms with Gasteiger partial charge >= 0.3 is 0 Å². The third-order valence-electron chi connectivity index (χ3n) is 5.62. The Kier molecular flexibility index (Phi) is 7.68. The number of amides is 1. The van der Waals surface area contributed by atoms with Crippen molar-refractivity contribution in [3.8, 4) is 0 Å². The molecule has 0 fully saturated rings. The smallest absolute Gasteiger partial charge is 0.274 e. The molecule has 1 amide bonds. The molecule has 0 aliphatic carbocycles. The van der Waals surface area contributed by atoms with Crippen LogP contribution >= 0.6 is 0 Å². The number of nitrogens with zero attached hydrogens (tertiary/aromatic N) is 2. The average molecular weight is 482 g/mol. The first-order chi connectivity index (χ1) is 16.1. The molecule has 3 aromatic carbocycles. The molecule has 34 heavy (non-hydrogen) atoms. The third-order valence-corrected chi connectivity index (χ3v) is 6.75. The molecule has 0 aliphatic rings. The summed E-state index contributed by atoms with van der Waals surface area (Å²) >= 11 is 0. The fourth-order valence-electron chi connectivity index (χ4n) is 3.64. The molecule has 1 N–H and O–H groups in total. The predicted molar refractivity (Wildman–Crippen MR) is 132 cm³/mol. The second-order valence-electron chi connectivity index (χ2n) is 8.17. The zero-order valence-corrected chi connectivity index (χ0v) is 20.1. The lowest BCUT2D eigenvalue weighted by atomic mass is 10.0. The Balaban J connectivity index is 1.73. The molecule has 0 heterocycles. The van der Waals surface area contributed by atoms with Crippen molar-refractivity contribution in [2.45, 2.75) is 26.3 Å². The summed E-state index contributed by atoms with van der Waals surface area (Å²) in [4.78, 5) is 23.3. The number of nitro benzene ring substituents is 1. The second-order valence-corrected chi connectivity index (χ2v) is 10.1. The zero-order chi connectivity index (χ0) is 24.9. The van der Waals surface area contributed by atoms with Crippen molar-refractivity contribution in [3.05, 3.63) is 105 Å². The van der Waals surface area contributed by atoms with E-state index >= 15 is 0 Å². The van der Waals surface area contributed by atoms with Gasteiger partial charge in [0.15, 0.2) is 0 Å². The van der Waals surface area contributed by atoms with Gasteiger partial charge in [-0.3, -0.25) is 19.2 Å². The molecule has 3 rings (SSSR count). The van der Waals surface area contributed by atoms with Crippen molar-refractivity contribution in [2.75, 3.05) is 17.1 Å². The number of carbonyl (C=O) groups is 1. The summed E-state index contributed by atoms with van der Waals surface area (Å²) in [6.07, 6.45) is 1.06. The van der Waals surface area contributed by atoms with Crippen LogP contribution in [0.1, 0.15) is 39.9 Å². The summed E-state index contributed by atoms with van der Waals surface area (Å²) < 4.78 is 26.1. The van der Waals surface area contributed by atoms with Crippen LogP contribution in [0, 0.1) is 17.0 Å². The number of anilines is 1. The van der Waals surface area contributed by atoms with E-state index in [0.717, 1.165) is 16.1 Å². The number of rotatable bonds is 9. The van der Waals surface area contributed by atoms with E-state index in [1.807, 2.05) is 37.3 Å². The largest absolute Gasteiger partial charge is 0.351 e. The summed E-state index contributed by atoms with van der Waals surface area (Å²) in [5.74, 6) is -0.0604. The van der Waals surface area contributed by atoms with Gasteiger partial charge in [-0.1, -0.05) is 55.5 Å². The van der Waals surface area contributed by atoms with E-state index in [9.17, 15) is 23.3 Å². The maximum atomic E-state index is 12.6. The van der Waals surface area contributed by atoms with Crippen LogP contribution in [0.4, 0.5) is 11.4 Å². The molecule has 9 heteroatoms. The highest BCUT2D eigenvalue weighted by Crippen LogP contribution is 2.31. The number of carbonyl (C=O) groups excluding carboxylic acids is 1. The summed E-state index contributed by atoms with van der Waals surface area (Å²) in [5.41, 5.74) is 2.60. The Bertz CT molecular complexity index is 1280. The number of hydrogen-bond acceptors (Lipinski definition) is 5. The second kappa shape index (κ2) is 10.5. The van der Waals surface area contributed by atoms with Gasteiger partial charge in [0, 0.05) is 18.2 Å². The van der Waals surface area contributed by atoms with Crippen LogP contribution in [-0.4, -0.2) is 32.0 Å². The van der Waals surface area contributed by atoms with E-state index in [0.29, 0.717) is 17.7 Å². The van der Waals surface area contributed by atoms with Gasteiger partial charge < -0.3 is 5.32 Å². The third kappa shape index (κ3) is 5.99. The highest BCUT2D eigenvalue weighted by atomic mass is 32.2. The number of hydrogen-bond donors (Lipinski definition) is 1. The molecule has 1 atom stereocenters. The van der Waals surface area contributed by atoms with Gasteiger partial charge in [-0.2, -0.15) is 0 Å². The van der Waals surface area contributed by atoms with Crippen LogP contribution in [0.2, 0.25) is 0 Å². The van der Waals surface area contributed by atoms with Crippen molar-refractivity contribution in [2.24, 2.45) is 0 Å². The van der Waals surface area contributed by atoms with Gasteiger partial charge in [0.05, 0.1) is 29.0 Å². The molecule has 0 aliphatic heterocycles. The number of nitrogens with one attached hydrogen (secondary N) is 1. The standard InChI is InChI=1S/C25H27N3O5S/c1-18(21-8-5-4-6-9-21)16-26-25(29)22-14-12-20(13-15-22)17-27(34(3,32)33)23-10-7-11-24(19(23)2)28(30)31/h4-15,18H,16-17H2,1-3H3,(H,26,29). The Morgan fingerprint density at radius 3 is 2.26 bits per heavy atom. The minimum Gasteiger partial charge on any atom is -0.351 e. The highest BCUT2D eigenvalue weighted by molar-refractivity contribution is 7.92. The minimum atomic E-state index is -3.72. The van der Waals surface area contributed by atoms with E-state index < -0.39 is 14.9 Å². The van der Waals surface area contributed by atoms with Gasteiger partial charge in [0.2, 0.25) is 10.0 Å². The van der Waals surface area contributed by atoms with E-state index in [4.69, 9.17) is 0 Å². The van der Waals surface area contributed by atoms with Crippen LogP contribution < -0.4 is 9.62 Å². The quantitative estimate of drug-likeness (QED) is 0.360. The summed E-state index contributed by atoms with van der Waals surface area (Å²) in [5, 5.41) is 14.2. The van der Waals surface area contributed by atoms with Gasteiger partial charge in [-0.25, -0.2) is 8.42 Å². The predicted octanol–water partition coefficient (Wildman–Crippen LogP) is 4.40. The van der Waals surface area contributed by atoms with Crippen molar-refractivity contribution in [3.63, 3.8) is 0 Å². The summed E-state index contributed by atoms with van der Waals surface area (Å²) in [7, 11) is -3.72. The fraction of sp³-hybridized carbons (Fsp3) is 0.240.